The van der Waals surface area contributed by atoms with E-state index in [2.05, 4.69) is 19.6 Å². The van der Waals surface area contributed by atoms with Crippen LogP contribution >= 0.6 is 22.9 Å². The molecule has 0 bridgehead atoms. The van der Waals surface area contributed by atoms with Crippen molar-refractivity contribution in [1.82, 2.24) is 19.6 Å². The van der Waals surface area contributed by atoms with Gasteiger partial charge < -0.3 is 0 Å². The van der Waals surface area contributed by atoms with Gasteiger partial charge in [0.05, 0.1) is 0 Å². The maximum absolute atomic E-state index is 3.97. The van der Waals surface area contributed by atoms with Crippen molar-refractivity contribution >= 4 is 22.9 Å². The summed E-state index contributed by atoms with van der Waals surface area (Å²) in [5.41, 5.74) is 1.68. The fourth-order valence-electron chi connectivity index (χ4n) is 0.534. The highest BCUT2D eigenvalue weighted by molar-refractivity contribution is 7.17. The minimum Gasteiger partial charge on any atom is -0.220 e. The smallest absolute Gasteiger partial charge is 0.177 e. The highest BCUT2D eigenvalue weighted by atomic mass is 32.1. The first-order chi connectivity index (χ1) is 5.97. The van der Waals surface area contributed by atoms with E-state index in [1.165, 1.54) is 29.2 Å². The van der Waals surface area contributed by atoms with Crippen LogP contribution in [0.4, 0.5) is 0 Å². The Hall–Kier alpha value is -0.880. The first kappa shape index (κ1) is 9.21. The van der Waals surface area contributed by atoms with Crippen molar-refractivity contribution in [1.29, 1.82) is 0 Å². The first-order valence-corrected chi connectivity index (χ1v) is 5.15. The van der Waals surface area contributed by atoms with E-state index in [1.54, 1.807) is 5.51 Å². The van der Waals surface area contributed by atoms with Crippen LogP contribution < -0.4 is 0 Å². The Morgan fingerprint density at radius 3 is 2.58 bits per heavy atom. The summed E-state index contributed by atoms with van der Waals surface area (Å²) in [4.78, 5) is 3.97. The molecule has 0 atom stereocenters. The summed E-state index contributed by atoms with van der Waals surface area (Å²) in [6, 6.07) is 0. The molecule has 2 aromatic rings. The van der Waals surface area contributed by atoms with Gasteiger partial charge in [-0.1, -0.05) is 25.2 Å². The highest BCUT2D eigenvalue weighted by Crippen LogP contribution is 2.19. The van der Waals surface area contributed by atoms with Gasteiger partial charge in [-0.25, -0.2) is 4.98 Å². The molecule has 0 fully saturated rings. The molecule has 2 heterocycles. The van der Waals surface area contributed by atoms with E-state index < -0.39 is 0 Å². The molecule has 0 saturated heterocycles. The highest BCUT2D eigenvalue weighted by Gasteiger charge is 2.02. The van der Waals surface area contributed by atoms with Crippen LogP contribution in [0.15, 0.2) is 11.8 Å². The molecule has 2 aromatic heterocycles. The van der Waals surface area contributed by atoms with E-state index in [9.17, 15) is 0 Å². The van der Waals surface area contributed by atoms with Crippen LogP contribution in [0.1, 0.15) is 13.8 Å². The SMILES string of the molecule is CC.c1nsc(-c2nncs2)n1. The molecule has 4 nitrogen and oxygen atoms in total. The van der Waals surface area contributed by atoms with Crippen molar-refractivity contribution in [3.05, 3.63) is 11.8 Å². The van der Waals surface area contributed by atoms with E-state index in [1.807, 2.05) is 13.8 Å². The summed E-state index contributed by atoms with van der Waals surface area (Å²) in [5, 5.41) is 9.19. The Labute approximate surface area is 78.5 Å². The second-order valence-corrected chi connectivity index (χ2v) is 3.10. The topological polar surface area (TPSA) is 51.6 Å². The predicted molar refractivity (Wildman–Crippen MR) is 50.2 cm³/mol. The second-order valence-electron chi connectivity index (χ2n) is 1.49. The van der Waals surface area contributed by atoms with Crippen LogP contribution in [-0.2, 0) is 0 Å². The molecule has 0 aliphatic carbocycles. The molecule has 12 heavy (non-hydrogen) atoms. The van der Waals surface area contributed by atoms with Gasteiger partial charge in [-0.15, -0.1) is 10.2 Å². The minimum atomic E-state index is 0.836. The average Bonchev–Trinajstić information content (AvgIpc) is 2.80. The maximum Gasteiger partial charge on any atom is 0.177 e. The van der Waals surface area contributed by atoms with Gasteiger partial charge in [0.25, 0.3) is 0 Å². The summed E-state index contributed by atoms with van der Waals surface area (Å²) in [6.45, 7) is 4.00. The number of hydrogen-bond acceptors (Lipinski definition) is 6. The molecular weight excluding hydrogens is 192 g/mol. The van der Waals surface area contributed by atoms with Gasteiger partial charge in [0.1, 0.15) is 11.8 Å². The Bertz CT molecular complexity index is 257. The van der Waals surface area contributed by atoms with Crippen molar-refractivity contribution in [3.8, 4) is 10.0 Å². The molecule has 0 saturated carbocycles. The quantitative estimate of drug-likeness (QED) is 0.707. The predicted octanol–water partition coefficient (Wildman–Crippen LogP) is 2.08. The van der Waals surface area contributed by atoms with Crippen LogP contribution in [0.5, 0.6) is 0 Å². The zero-order chi connectivity index (χ0) is 8.81. The van der Waals surface area contributed by atoms with Gasteiger partial charge in [0, 0.05) is 0 Å². The Morgan fingerprint density at radius 1 is 1.25 bits per heavy atom. The normalized spacial score (nSPS) is 8.83. The number of hydrogen-bond donors (Lipinski definition) is 0. The van der Waals surface area contributed by atoms with Gasteiger partial charge >= 0.3 is 0 Å². The fraction of sp³-hybridized carbons (Fsp3) is 0.333. The summed E-state index contributed by atoms with van der Waals surface area (Å²) in [6.07, 6.45) is 1.52. The Kier molecular flexibility index (Phi) is 3.75. The standard InChI is InChI=1S/C4H2N4S2.C2H6/c1-5-3(10-7-1)4-8-6-2-9-4;1-2/h1-2H;1-2H3. The third-order valence-electron chi connectivity index (χ3n) is 0.904. The molecule has 2 rings (SSSR count). The molecule has 0 aliphatic heterocycles. The van der Waals surface area contributed by atoms with Gasteiger partial charge in [0.15, 0.2) is 10.0 Å². The summed E-state index contributed by atoms with van der Waals surface area (Å²) in [5.74, 6) is 0. The lowest BCUT2D eigenvalue weighted by molar-refractivity contribution is 1.09. The van der Waals surface area contributed by atoms with Crippen molar-refractivity contribution in [2.24, 2.45) is 0 Å². The van der Waals surface area contributed by atoms with E-state index in [0.29, 0.717) is 0 Å². The molecule has 0 amide bonds. The van der Waals surface area contributed by atoms with E-state index in [-0.39, 0.29) is 0 Å². The zero-order valence-electron chi connectivity index (χ0n) is 6.76. The second kappa shape index (κ2) is 4.89. The summed E-state index contributed by atoms with van der Waals surface area (Å²) >= 11 is 2.79. The van der Waals surface area contributed by atoms with Crippen LogP contribution in [-0.4, -0.2) is 19.6 Å². The molecule has 0 radical (unpaired) electrons. The lowest BCUT2D eigenvalue weighted by Crippen LogP contribution is -1.71. The molecule has 0 aromatic carbocycles. The van der Waals surface area contributed by atoms with Crippen molar-refractivity contribution in [2.75, 3.05) is 0 Å². The van der Waals surface area contributed by atoms with Crippen molar-refractivity contribution in [2.45, 2.75) is 13.8 Å². The molecule has 0 unspecified atom stereocenters. The van der Waals surface area contributed by atoms with Crippen molar-refractivity contribution in [3.63, 3.8) is 0 Å². The lowest BCUT2D eigenvalue weighted by atomic mass is 10.7. The van der Waals surface area contributed by atoms with E-state index >= 15 is 0 Å². The van der Waals surface area contributed by atoms with E-state index in [4.69, 9.17) is 0 Å². The molecule has 0 N–H and O–H groups in total. The summed E-state index contributed by atoms with van der Waals surface area (Å²) < 4.78 is 3.85. The molecule has 6 heteroatoms. The van der Waals surface area contributed by atoms with Crippen molar-refractivity contribution < 1.29 is 0 Å². The summed E-state index contributed by atoms with van der Waals surface area (Å²) in [7, 11) is 0. The monoisotopic (exact) mass is 200 g/mol. The Balaban J connectivity index is 0.000000336. The molecular formula is C6H8N4S2. The Morgan fingerprint density at radius 2 is 2.08 bits per heavy atom. The van der Waals surface area contributed by atoms with Crippen LogP contribution in [0.3, 0.4) is 0 Å². The van der Waals surface area contributed by atoms with E-state index in [0.717, 1.165) is 10.0 Å². The first-order valence-electron chi connectivity index (χ1n) is 3.50. The van der Waals surface area contributed by atoms with Gasteiger partial charge in [0.2, 0.25) is 0 Å². The van der Waals surface area contributed by atoms with Crippen LogP contribution in [0.25, 0.3) is 10.0 Å². The molecule has 64 valence electrons. The molecule has 0 spiro atoms. The van der Waals surface area contributed by atoms with Gasteiger partial charge in [-0.05, 0) is 11.5 Å². The number of aromatic nitrogens is 4. The minimum absolute atomic E-state index is 0.836. The number of rotatable bonds is 1. The fourth-order valence-corrected chi connectivity index (χ4v) is 1.64. The molecule has 0 aliphatic rings. The van der Waals surface area contributed by atoms with Crippen LogP contribution in [0.2, 0.25) is 0 Å². The van der Waals surface area contributed by atoms with Crippen LogP contribution in [0, 0.1) is 0 Å². The third-order valence-corrected chi connectivity index (χ3v) is 2.40. The maximum atomic E-state index is 3.97. The van der Waals surface area contributed by atoms with Gasteiger partial charge in [-0.3, -0.25) is 0 Å². The lowest BCUT2D eigenvalue weighted by Gasteiger charge is -1.78. The zero-order valence-corrected chi connectivity index (χ0v) is 8.39. The van der Waals surface area contributed by atoms with Gasteiger partial charge in [-0.2, -0.15) is 4.37 Å². The largest absolute Gasteiger partial charge is 0.220 e. The number of nitrogens with zero attached hydrogens (tertiary/aromatic N) is 4. The average molecular weight is 200 g/mol. The third kappa shape index (κ3) is 2.05.